The van der Waals surface area contributed by atoms with Gasteiger partial charge in [-0.2, -0.15) is 0 Å². The summed E-state index contributed by atoms with van der Waals surface area (Å²) in [5, 5.41) is 0. The van der Waals surface area contributed by atoms with E-state index in [0.717, 1.165) is 0 Å². The lowest BCUT2D eigenvalue weighted by atomic mass is 10.1. The van der Waals surface area contributed by atoms with Crippen LogP contribution in [0.2, 0.25) is 0 Å². The summed E-state index contributed by atoms with van der Waals surface area (Å²) < 4.78 is 31.0. The Hall–Kier alpha value is -0.670. The number of rotatable bonds is 3. The van der Waals surface area contributed by atoms with Gasteiger partial charge in [0.1, 0.15) is 0 Å². The number of nitrogens with one attached hydrogen (secondary N) is 1. The van der Waals surface area contributed by atoms with Crippen molar-refractivity contribution in [3.05, 3.63) is 29.8 Å². The van der Waals surface area contributed by atoms with Gasteiger partial charge in [0, 0.05) is 5.54 Å². The summed E-state index contributed by atoms with van der Waals surface area (Å²) in [7, 11) is -3.57. The predicted molar refractivity (Wildman–Crippen MR) is 76.0 cm³/mol. The van der Waals surface area contributed by atoms with E-state index in [1.54, 1.807) is 20.8 Å². The molecular weight excluding hydrogens is 369 g/mol. The van der Waals surface area contributed by atoms with Crippen LogP contribution in [0.4, 0.5) is 0 Å². The van der Waals surface area contributed by atoms with Crippen molar-refractivity contribution < 1.29 is 16.3 Å². The third-order valence-corrected chi connectivity index (χ3v) is 4.08. The van der Waals surface area contributed by atoms with E-state index >= 15 is 0 Å². The zero-order valence-corrected chi connectivity index (χ0v) is 13.2. The van der Waals surface area contributed by atoms with E-state index in [0.29, 0.717) is 5.56 Å². The maximum absolute atomic E-state index is 12.0. The summed E-state index contributed by atoms with van der Waals surface area (Å²) in [6, 6.07) is 5.57. The van der Waals surface area contributed by atoms with Crippen molar-refractivity contribution >= 4 is 39.0 Å². The summed E-state index contributed by atoms with van der Waals surface area (Å²) in [6.45, 7) is 5.27. The Balaban J connectivity index is 3.02. The van der Waals surface area contributed by atoms with Crippen LogP contribution in [0.1, 0.15) is 31.1 Å². The third-order valence-electron chi connectivity index (χ3n) is 1.91. The Bertz CT molecular complexity index is 531. The van der Waals surface area contributed by atoms with Crippen molar-refractivity contribution in [2.24, 2.45) is 0 Å². The predicted octanol–water partition coefficient (Wildman–Crippen LogP) is 2.27. The highest BCUT2D eigenvalue weighted by Crippen LogP contribution is 2.14. The SMILES string of the molecule is CC(C)(C)NS(=O)(=O)c1ccc(C(=O)OI)cc1. The third kappa shape index (κ3) is 4.21. The Labute approximate surface area is 121 Å². The standard InChI is InChI=1S/C11H14INO4S/c1-11(2,3)13-18(15,16)9-6-4-8(5-7-9)10(14)17-12/h4-7,13H,1-3H3. The van der Waals surface area contributed by atoms with Gasteiger partial charge < -0.3 is 3.07 Å². The lowest BCUT2D eigenvalue weighted by Gasteiger charge is -2.20. The first-order valence-electron chi connectivity index (χ1n) is 5.13. The minimum atomic E-state index is -3.57. The normalized spacial score (nSPS) is 12.2. The van der Waals surface area contributed by atoms with Gasteiger partial charge in [0.2, 0.25) is 10.0 Å². The van der Waals surface area contributed by atoms with Gasteiger partial charge >= 0.3 is 5.97 Å². The van der Waals surface area contributed by atoms with Crippen LogP contribution in [0.3, 0.4) is 0 Å². The molecule has 0 amide bonds. The number of carbonyl (C=O) groups excluding carboxylic acids is 1. The van der Waals surface area contributed by atoms with Gasteiger partial charge in [-0.05, 0) is 45.0 Å². The summed E-state index contributed by atoms with van der Waals surface area (Å²) in [5.41, 5.74) is -0.252. The fourth-order valence-corrected chi connectivity index (χ4v) is 2.95. The highest BCUT2D eigenvalue weighted by atomic mass is 127. The Morgan fingerprint density at radius 2 is 1.72 bits per heavy atom. The molecule has 0 radical (unpaired) electrons. The fourth-order valence-electron chi connectivity index (χ4n) is 1.28. The highest BCUT2D eigenvalue weighted by Gasteiger charge is 2.22. The van der Waals surface area contributed by atoms with Crippen LogP contribution in [-0.2, 0) is 13.1 Å². The van der Waals surface area contributed by atoms with Gasteiger partial charge in [-0.15, -0.1) is 0 Å². The minimum absolute atomic E-state index is 0.113. The molecule has 18 heavy (non-hydrogen) atoms. The molecule has 7 heteroatoms. The molecule has 0 bridgehead atoms. The number of halogens is 1. The molecule has 0 atom stereocenters. The first-order valence-corrected chi connectivity index (χ1v) is 7.49. The van der Waals surface area contributed by atoms with Gasteiger partial charge in [-0.1, -0.05) is 0 Å². The lowest BCUT2D eigenvalue weighted by molar-refractivity contribution is 0.0800. The van der Waals surface area contributed by atoms with E-state index in [2.05, 4.69) is 7.79 Å². The second-order valence-electron chi connectivity index (χ2n) is 4.74. The highest BCUT2D eigenvalue weighted by molar-refractivity contribution is 14.1. The van der Waals surface area contributed by atoms with E-state index in [-0.39, 0.29) is 4.90 Å². The smallest absolute Gasteiger partial charge is 0.347 e. The van der Waals surface area contributed by atoms with Crippen LogP contribution in [0.15, 0.2) is 29.2 Å². The Morgan fingerprint density at radius 3 is 2.11 bits per heavy atom. The largest absolute Gasteiger partial charge is 0.391 e. The number of hydrogen-bond donors (Lipinski definition) is 1. The molecule has 1 aromatic rings. The van der Waals surface area contributed by atoms with Gasteiger partial charge in [0.15, 0.2) is 23.0 Å². The summed E-state index contributed by atoms with van der Waals surface area (Å²) in [5.74, 6) is -0.511. The van der Waals surface area contributed by atoms with Crippen molar-refractivity contribution in [2.75, 3.05) is 0 Å². The van der Waals surface area contributed by atoms with Crippen molar-refractivity contribution in [2.45, 2.75) is 31.2 Å². The molecule has 0 aliphatic carbocycles. The molecule has 1 rings (SSSR count). The van der Waals surface area contributed by atoms with Crippen molar-refractivity contribution in [1.29, 1.82) is 0 Å². The second kappa shape index (κ2) is 5.54. The molecule has 5 nitrogen and oxygen atoms in total. The zero-order valence-electron chi connectivity index (χ0n) is 10.2. The zero-order chi connectivity index (χ0) is 14.0. The van der Waals surface area contributed by atoms with E-state index < -0.39 is 21.5 Å². The van der Waals surface area contributed by atoms with Crippen molar-refractivity contribution in [1.82, 2.24) is 4.72 Å². The monoisotopic (exact) mass is 383 g/mol. The molecule has 0 saturated heterocycles. The molecule has 100 valence electrons. The van der Waals surface area contributed by atoms with Crippen LogP contribution in [-0.4, -0.2) is 19.9 Å². The quantitative estimate of drug-likeness (QED) is 0.813. The van der Waals surface area contributed by atoms with Crippen LogP contribution in [0.5, 0.6) is 0 Å². The van der Waals surface area contributed by atoms with Gasteiger partial charge in [-0.3, -0.25) is 0 Å². The van der Waals surface area contributed by atoms with Crippen LogP contribution >= 0.6 is 23.0 Å². The molecular formula is C11H14INO4S. The molecule has 0 aromatic heterocycles. The molecule has 1 N–H and O–H groups in total. The molecule has 0 fully saturated rings. The number of sulfonamides is 1. The van der Waals surface area contributed by atoms with Gasteiger partial charge in [-0.25, -0.2) is 17.9 Å². The van der Waals surface area contributed by atoms with Crippen LogP contribution in [0, 0.1) is 0 Å². The molecule has 0 saturated carbocycles. The lowest BCUT2D eigenvalue weighted by Crippen LogP contribution is -2.40. The average Bonchev–Trinajstić information content (AvgIpc) is 2.25. The maximum Gasteiger partial charge on any atom is 0.347 e. The fraction of sp³-hybridized carbons (Fsp3) is 0.364. The first kappa shape index (κ1) is 15.4. The minimum Gasteiger partial charge on any atom is -0.391 e. The summed E-state index contributed by atoms with van der Waals surface area (Å²) in [6.07, 6.45) is 0. The van der Waals surface area contributed by atoms with E-state index in [4.69, 9.17) is 0 Å². The van der Waals surface area contributed by atoms with Gasteiger partial charge in [0.25, 0.3) is 0 Å². The molecule has 0 aliphatic heterocycles. The number of carbonyl (C=O) groups is 1. The van der Waals surface area contributed by atoms with E-state index in [1.165, 1.54) is 47.3 Å². The maximum atomic E-state index is 12.0. The number of benzene rings is 1. The van der Waals surface area contributed by atoms with E-state index in [1.807, 2.05) is 0 Å². The van der Waals surface area contributed by atoms with Crippen LogP contribution in [0.25, 0.3) is 0 Å². The molecule has 0 aliphatic rings. The molecule has 0 unspecified atom stereocenters. The Morgan fingerprint density at radius 1 is 1.22 bits per heavy atom. The Kier molecular flexibility index (Phi) is 4.73. The molecule has 0 spiro atoms. The van der Waals surface area contributed by atoms with Crippen molar-refractivity contribution in [3.63, 3.8) is 0 Å². The van der Waals surface area contributed by atoms with Crippen molar-refractivity contribution in [3.8, 4) is 0 Å². The summed E-state index contributed by atoms with van der Waals surface area (Å²) in [4.78, 5) is 11.3. The van der Waals surface area contributed by atoms with Gasteiger partial charge in [0.05, 0.1) is 10.5 Å². The van der Waals surface area contributed by atoms with Crippen LogP contribution < -0.4 is 4.72 Å². The van der Waals surface area contributed by atoms with E-state index in [9.17, 15) is 13.2 Å². The average molecular weight is 383 g/mol. The molecule has 1 aromatic carbocycles. The topological polar surface area (TPSA) is 72.5 Å². The first-order chi connectivity index (χ1) is 8.15. The second-order valence-corrected chi connectivity index (χ2v) is 6.87. The summed E-state index contributed by atoms with van der Waals surface area (Å²) >= 11 is 1.48. The molecule has 0 heterocycles. The number of hydrogen-bond acceptors (Lipinski definition) is 4.